The molecule has 2 aliphatic heterocycles. The van der Waals surface area contributed by atoms with Crippen LogP contribution in [0.1, 0.15) is 25.0 Å². The molecule has 0 spiro atoms. The van der Waals surface area contributed by atoms with Crippen molar-refractivity contribution in [2.45, 2.75) is 50.2 Å². The topological polar surface area (TPSA) is 126 Å². The standard InChI is InChI=1S/C23H29N5O5/c29-18-12-28(23(31)27-16-4-2-1-3-5-16)20-7-6-19(33-21(20)14-32-13-18)10-22(30)25-11-17-8-9-24-15-26-17/h1-5,8-9,15,18-21,29H,6-7,10-14H2,(H,25,30)(H,27,31)/t18-,19-,20+,21-/m1/s1. The second-order valence-electron chi connectivity index (χ2n) is 8.26. The number of ether oxygens (including phenoxy) is 2. The summed E-state index contributed by atoms with van der Waals surface area (Å²) in [6.45, 7) is 0.837. The van der Waals surface area contributed by atoms with Gasteiger partial charge >= 0.3 is 6.03 Å². The van der Waals surface area contributed by atoms with Crippen molar-refractivity contribution in [3.8, 4) is 0 Å². The molecule has 0 radical (unpaired) electrons. The number of rotatable bonds is 5. The van der Waals surface area contributed by atoms with E-state index in [1.807, 2.05) is 30.3 Å². The molecule has 0 aliphatic carbocycles. The van der Waals surface area contributed by atoms with E-state index in [1.54, 1.807) is 17.2 Å². The van der Waals surface area contributed by atoms with Crippen molar-refractivity contribution in [3.05, 3.63) is 54.6 Å². The third-order valence-corrected chi connectivity index (χ3v) is 5.79. The number of nitrogens with zero attached hydrogens (tertiary/aromatic N) is 3. The lowest BCUT2D eigenvalue weighted by molar-refractivity contribution is -0.149. The molecule has 3 heterocycles. The van der Waals surface area contributed by atoms with Gasteiger partial charge in [0.2, 0.25) is 5.91 Å². The molecule has 2 aliphatic rings. The molecule has 2 fully saturated rings. The Kier molecular flexibility index (Phi) is 7.82. The molecule has 4 atom stereocenters. The smallest absolute Gasteiger partial charge is 0.322 e. The fraction of sp³-hybridized carbons (Fsp3) is 0.478. The number of urea groups is 1. The van der Waals surface area contributed by atoms with Crippen LogP contribution in [0.25, 0.3) is 0 Å². The van der Waals surface area contributed by atoms with Gasteiger partial charge in [-0.15, -0.1) is 0 Å². The summed E-state index contributed by atoms with van der Waals surface area (Å²) in [5.41, 5.74) is 1.41. The molecule has 3 N–H and O–H groups in total. The minimum atomic E-state index is -0.780. The van der Waals surface area contributed by atoms with Crippen LogP contribution in [0.2, 0.25) is 0 Å². The Morgan fingerprint density at radius 2 is 2.00 bits per heavy atom. The summed E-state index contributed by atoms with van der Waals surface area (Å²) in [6.07, 6.45) is 3.11. The van der Waals surface area contributed by atoms with Gasteiger partial charge in [0.1, 0.15) is 12.4 Å². The summed E-state index contributed by atoms with van der Waals surface area (Å²) in [5.74, 6) is -0.127. The molecule has 1 aromatic carbocycles. The van der Waals surface area contributed by atoms with Crippen LogP contribution in [0.3, 0.4) is 0 Å². The van der Waals surface area contributed by atoms with E-state index in [2.05, 4.69) is 20.6 Å². The Morgan fingerprint density at radius 1 is 1.15 bits per heavy atom. The van der Waals surface area contributed by atoms with E-state index >= 15 is 0 Å². The van der Waals surface area contributed by atoms with Crippen LogP contribution < -0.4 is 10.6 Å². The Hall–Kier alpha value is -3.08. The molecule has 10 nitrogen and oxygen atoms in total. The van der Waals surface area contributed by atoms with Crippen LogP contribution in [0.15, 0.2) is 48.9 Å². The predicted molar refractivity (Wildman–Crippen MR) is 119 cm³/mol. The van der Waals surface area contributed by atoms with E-state index in [1.165, 1.54) is 6.33 Å². The van der Waals surface area contributed by atoms with E-state index in [4.69, 9.17) is 9.47 Å². The summed E-state index contributed by atoms with van der Waals surface area (Å²) in [6, 6.07) is 10.4. The number of aromatic nitrogens is 2. The maximum Gasteiger partial charge on any atom is 0.322 e. The van der Waals surface area contributed by atoms with E-state index in [9.17, 15) is 14.7 Å². The van der Waals surface area contributed by atoms with Crippen molar-refractivity contribution < 1.29 is 24.2 Å². The molecule has 33 heavy (non-hydrogen) atoms. The van der Waals surface area contributed by atoms with Gasteiger partial charge in [0, 0.05) is 11.9 Å². The van der Waals surface area contributed by atoms with Gasteiger partial charge in [0.05, 0.1) is 56.7 Å². The fourth-order valence-corrected chi connectivity index (χ4v) is 4.18. The first-order chi connectivity index (χ1) is 16.1. The lowest BCUT2D eigenvalue weighted by Crippen LogP contribution is -2.58. The highest BCUT2D eigenvalue weighted by Crippen LogP contribution is 2.28. The molecular formula is C23H29N5O5. The molecule has 2 saturated heterocycles. The Balaban J connectivity index is 1.35. The van der Waals surface area contributed by atoms with Crippen molar-refractivity contribution in [2.24, 2.45) is 0 Å². The monoisotopic (exact) mass is 455 g/mol. The second kappa shape index (κ2) is 11.2. The lowest BCUT2D eigenvalue weighted by atomic mass is 9.95. The molecule has 2 aromatic rings. The number of carbonyl (C=O) groups is 2. The average molecular weight is 456 g/mol. The highest BCUT2D eigenvalue weighted by atomic mass is 16.5. The number of aliphatic hydroxyl groups excluding tert-OH is 1. The van der Waals surface area contributed by atoms with Crippen LogP contribution in [0.4, 0.5) is 10.5 Å². The van der Waals surface area contributed by atoms with Gasteiger partial charge < -0.3 is 30.1 Å². The fourth-order valence-electron chi connectivity index (χ4n) is 4.18. The Labute approximate surface area is 192 Å². The summed E-state index contributed by atoms with van der Waals surface area (Å²) in [5, 5.41) is 16.0. The predicted octanol–water partition coefficient (Wildman–Crippen LogP) is 1.32. The molecule has 0 saturated carbocycles. The van der Waals surface area contributed by atoms with Crippen molar-refractivity contribution in [3.63, 3.8) is 0 Å². The first-order valence-electron chi connectivity index (χ1n) is 11.1. The van der Waals surface area contributed by atoms with Gasteiger partial charge in [-0.3, -0.25) is 4.79 Å². The molecule has 1 aromatic heterocycles. The zero-order valence-corrected chi connectivity index (χ0v) is 18.3. The number of aliphatic hydroxyl groups is 1. The van der Waals surface area contributed by atoms with Crippen LogP contribution in [-0.2, 0) is 20.8 Å². The first-order valence-corrected chi connectivity index (χ1v) is 11.1. The largest absolute Gasteiger partial charge is 0.389 e. The van der Waals surface area contributed by atoms with Gasteiger partial charge in [-0.05, 0) is 31.0 Å². The highest BCUT2D eigenvalue weighted by molar-refractivity contribution is 5.89. The summed E-state index contributed by atoms with van der Waals surface area (Å²) >= 11 is 0. The SMILES string of the molecule is O=C(C[C@H]1CC[C@H]2[C@@H](COC[C@H](O)CN2C(=O)Nc2ccccc2)O1)NCc1ccncn1. The third-order valence-electron chi connectivity index (χ3n) is 5.79. The van der Waals surface area contributed by atoms with Gasteiger partial charge in [0.25, 0.3) is 0 Å². The zero-order chi connectivity index (χ0) is 23.0. The number of fused-ring (bicyclic) bond motifs is 1. The normalized spacial score (nSPS) is 25.3. The highest BCUT2D eigenvalue weighted by Gasteiger charge is 2.40. The van der Waals surface area contributed by atoms with Crippen molar-refractivity contribution in [1.29, 1.82) is 0 Å². The maximum atomic E-state index is 13.0. The molecule has 176 valence electrons. The van der Waals surface area contributed by atoms with E-state index in [0.29, 0.717) is 25.1 Å². The number of carbonyl (C=O) groups excluding carboxylic acids is 2. The van der Waals surface area contributed by atoms with Crippen LogP contribution in [-0.4, -0.2) is 76.0 Å². The number of hydrogen-bond donors (Lipinski definition) is 3. The van der Waals surface area contributed by atoms with Crippen LogP contribution in [0.5, 0.6) is 0 Å². The number of anilines is 1. The van der Waals surface area contributed by atoms with Crippen LogP contribution >= 0.6 is 0 Å². The number of nitrogens with one attached hydrogen (secondary N) is 2. The van der Waals surface area contributed by atoms with Gasteiger partial charge in [-0.2, -0.15) is 0 Å². The molecule has 10 heteroatoms. The third kappa shape index (κ3) is 6.47. The van der Waals surface area contributed by atoms with Gasteiger partial charge in [-0.1, -0.05) is 18.2 Å². The Bertz CT molecular complexity index is 916. The molecule has 0 unspecified atom stereocenters. The maximum absolute atomic E-state index is 13.0. The van der Waals surface area contributed by atoms with Crippen LogP contribution in [0, 0.1) is 0 Å². The molecule has 4 rings (SSSR count). The molecular weight excluding hydrogens is 426 g/mol. The quantitative estimate of drug-likeness (QED) is 0.621. The van der Waals surface area contributed by atoms with Gasteiger partial charge in [-0.25, -0.2) is 14.8 Å². The zero-order valence-electron chi connectivity index (χ0n) is 18.3. The van der Waals surface area contributed by atoms with Gasteiger partial charge in [0.15, 0.2) is 0 Å². The number of amides is 3. The van der Waals surface area contributed by atoms with Crippen molar-refractivity contribution >= 4 is 17.6 Å². The molecule has 0 bridgehead atoms. The summed E-state index contributed by atoms with van der Waals surface area (Å²) in [7, 11) is 0. The minimum absolute atomic E-state index is 0.117. The Morgan fingerprint density at radius 3 is 2.79 bits per heavy atom. The number of hydrogen-bond acceptors (Lipinski definition) is 7. The summed E-state index contributed by atoms with van der Waals surface area (Å²) in [4.78, 5) is 35.0. The lowest BCUT2D eigenvalue weighted by Gasteiger charge is -2.44. The minimum Gasteiger partial charge on any atom is -0.389 e. The van der Waals surface area contributed by atoms with E-state index in [0.717, 1.165) is 5.69 Å². The molecule has 3 amide bonds. The van der Waals surface area contributed by atoms with Crippen molar-refractivity contribution in [2.75, 3.05) is 25.1 Å². The van der Waals surface area contributed by atoms with E-state index < -0.39 is 6.10 Å². The second-order valence-corrected chi connectivity index (χ2v) is 8.26. The number of β-amino-alcohol motifs (C(OH)–C–C–N with tert-alkyl or cyclic N) is 1. The number of benzene rings is 1. The number of para-hydroxylation sites is 1. The van der Waals surface area contributed by atoms with Crippen molar-refractivity contribution in [1.82, 2.24) is 20.2 Å². The first kappa shape index (κ1) is 23.1. The average Bonchev–Trinajstić information content (AvgIpc) is 2.82. The van der Waals surface area contributed by atoms with E-state index in [-0.39, 0.29) is 56.4 Å². The summed E-state index contributed by atoms with van der Waals surface area (Å²) < 4.78 is 11.8.